The minimum Gasteiger partial charge on any atom is -0.309 e. The molecule has 10 rings (SSSR count). The van der Waals surface area contributed by atoms with Crippen LogP contribution in [0.4, 0.5) is 0 Å². The minimum atomic E-state index is 1.14. The van der Waals surface area contributed by atoms with Gasteiger partial charge in [-0.05, 0) is 82.2 Å². The van der Waals surface area contributed by atoms with Gasteiger partial charge in [0.1, 0.15) is 0 Å². The second kappa shape index (κ2) is 10.5. The van der Waals surface area contributed by atoms with Gasteiger partial charge in [-0.3, -0.25) is 4.98 Å². The Labute approximate surface area is 277 Å². The molecule has 0 saturated carbocycles. The molecule has 0 saturated heterocycles. The van der Waals surface area contributed by atoms with Crippen molar-refractivity contribution in [2.24, 2.45) is 0 Å². The van der Waals surface area contributed by atoms with Crippen LogP contribution in [0.5, 0.6) is 0 Å². The number of hydrogen-bond acceptors (Lipinski definition) is 1. The van der Waals surface area contributed by atoms with Crippen molar-refractivity contribution in [2.75, 3.05) is 0 Å². The molecule has 0 fully saturated rings. The first-order chi connectivity index (χ1) is 23.8. The van der Waals surface area contributed by atoms with Crippen molar-refractivity contribution in [3.8, 4) is 33.6 Å². The Morgan fingerprint density at radius 2 is 0.938 bits per heavy atom. The molecule has 224 valence electrons. The van der Waals surface area contributed by atoms with Crippen molar-refractivity contribution >= 4 is 54.4 Å². The van der Waals surface area contributed by atoms with Crippen LogP contribution in [0.25, 0.3) is 88.0 Å². The van der Waals surface area contributed by atoms with Crippen LogP contribution in [0.1, 0.15) is 0 Å². The van der Waals surface area contributed by atoms with Crippen molar-refractivity contribution in [1.82, 2.24) is 14.1 Å². The van der Waals surface area contributed by atoms with Gasteiger partial charge < -0.3 is 9.13 Å². The maximum atomic E-state index is 4.46. The number of aromatic nitrogens is 3. The highest BCUT2D eigenvalue weighted by molar-refractivity contribution is 6.19. The van der Waals surface area contributed by atoms with Gasteiger partial charge in [0.2, 0.25) is 0 Å². The van der Waals surface area contributed by atoms with E-state index in [9.17, 15) is 0 Å². The number of para-hydroxylation sites is 3. The van der Waals surface area contributed by atoms with Gasteiger partial charge in [0.05, 0.1) is 22.1 Å². The van der Waals surface area contributed by atoms with E-state index in [4.69, 9.17) is 0 Å². The first kappa shape index (κ1) is 26.7. The maximum absolute atomic E-state index is 4.46. The molecule has 0 amide bonds. The van der Waals surface area contributed by atoms with Crippen molar-refractivity contribution in [2.45, 2.75) is 0 Å². The average molecular weight is 612 g/mol. The molecule has 0 aliphatic heterocycles. The summed E-state index contributed by atoms with van der Waals surface area (Å²) in [6.45, 7) is 0. The van der Waals surface area contributed by atoms with Gasteiger partial charge in [-0.25, -0.2) is 0 Å². The smallest absolute Gasteiger partial charge is 0.0548 e. The lowest BCUT2D eigenvalue weighted by atomic mass is 9.92. The predicted octanol–water partition coefficient (Wildman–Crippen LogP) is 11.8. The van der Waals surface area contributed by atoms with Gasteiger partial charge in [0.25, 0.3) is 0 Å². The van der Waals surface area contributed by atoms with E-state index in [1.165, 1.54) is 76.9 Å². The number of pyridine rings is 1. The quantitative estimate of drug-likeness (QED) is 0.194. The lowest BCUT2D eigenvalue weighted by molar-refractivity contribution is 1.17. The standard InChI is InChI=1S/C45H29N3/c1-2-14-32(15-3-1)47-42-22-8-6-19-37(42)39-28-45-40(27-44(39)47)38-20-7-9-23-43(38)48(45)33-16-10-13-31(26-33)34-17-4-5-18-35(34)36-21-11-12-30-24-25-46-29-41(30)36/h1-29H. The molecule has 3 heterocycles. The number of benzene rings is 7. The van der Waals surface area contributed by atoms with E-state index < -0.39 is 0 Å². The molecule has 0 aliphatic carbocycles. The molecule has 7 aromatic carbocycles. The first-order valence-corrected chi connectivity index (χ1v) is 16.4. The van der Waals surface area contributed by atoms with E-state index in [0.29, 0.717) is 0 Å². The monoisotopic (exact) mass is 611 g/mol. The third-order valence-electron chi connectivity index (χ3n) is 9.80. The Balaban J connectivity index is 1.23. The second-order valence-electron chi connectivity index (χ2n) is 12.4. The van der Waals surface area contributed by atoms with Gasteiger partial charge >= 0.3 is 0 Å². The molecule has 0 aliphatic rings. The summed E-state index contributed by atoms with van der Waals surface area (Å²) in [6, 6.07) is 59.3. The van der Waals surface area contributed by atoms with Gasteiger partial charge in [-0.15, -0.1) is 0 Å². The van der Waals surface area contributed by atoms with E-state index in [0.717, 1.165) is 11.1 Å². The highest BCUT2D eigenvalue weighted by Crippen LogP contribution is 2.41. The predicted molar refractivity (Wildman–Crippen MR) is 201 cm³/mol. The largest absolute Gasteiger partial charge is 0.309 e. The second-order valence-corrected chi connectivity index (χ2v) is 12.4. The van der Waals surface area contributed by atoms with Crippen LogP contribution in [0, 0.1) is 0 Å². The molecule has 0 radical (unpaired) electrons. The van der Waals surface area contributed by atoms with Crippen LogP contribution < -0.4 is 0 Å². The summed E-state index contributed by atoms with van der Waals surface area (Å²) in [5, 5.41) is 7.33. The van der Waals surface area contributed by atoms with Crippen LogP contribution >= 0.6 is 0 Å². The van der Waals surface area contributed by atoms with Crippen molar-refractivity contribution in [3.05, 3.63) is 176 Å². The van der Waals surface area contributed by atoms with E-state index in [1.807, 2.05) is 12.4 Å². The van der Waals surface area contributed by atoms with Gasteiger partial charge in [-0.2, -0.15) is 0 Å². The molecular weight excluding hydrogens is 583 g/mol. The molecular formula is C45H29N3. The van der Waals surface area contributed by atoms with E-state index in [2.05, 4.69) is 178 Å². The van der Waals surface area contributed by atoms with Gasteiger partial charge in [0, 0.05) is 50.7 Å². The average Bonchev–Trinajstić information content (AvgIpc) is 3.66. The fraction of sp³-hybridized carbons (Fsp3) is 0. The fourth-order valence-electron chi connectivity index (χ4n) is 7.69. The zero-order valence-electron chi connectivity index (χ0n) is 26.1. The molecule has 0 bridgehead atoms. The Morgan fingerprint density at radius 3 is 1.69 bits per heavy atom. The Morgan fingerprint density at radius 1 is 0.354 bits per heavy atom. The summed E-state index contributed by atoms with van der Waals surface area (Å²) in [7, 11) is 0. The maximum Gasteiger partial charge on any atom is 0.0548 e. The summed E-state index contributed by atoms with van der Waals surface area (Å²) in [5.41, 5.74) is 11.9. The summed E-state index contributed by atoms with van der Waals surface area (Å²) in [5.74, 6) is 0. The van der Waals surface area contributed by atoms with Crippen LogP contribution in [0.3, 0.4) is 0 Å². The molecule has 0 unspecified atom stereocenters. The first-order valence-electron chi connectivity index (χ1n) is 16.4. The van der Waals surface area contributed by atoms with Crippen molar-refractivity contribution in [1.29, 1.82) is 0 Å². The van der Waals surface area contributed by atoms with Crippen LogP contribution in [0.15, 0.2) is 176 Å². The summed E-state index contributed by atoms with van der Waals surface area (Å²) in [6.07, 6.45) is 3.84. The van der Waals surface area contributed by atoms with Crippen LogP contribution in [-0.4, -0.2) is 14.1 Å². The Bertz CT molecular complexity index is 2830. The van der Waals surface area contributed by atoms with Gasteiger partial charge in [0.15, 0.2) is 0 Å². The molecule has 3 heteroatoms. The van der Waals surface area contributed by atoms with Crippen LogP contribution in [-0.2, 0) is 0 Å². The highest BCUT2D eigenvalue weighted by atomic mass is 15.0. The lowest BCUT2D eigenvalue weighted by Gasteiger charge is -2.15. The summed E-state index contributed by atoms with van der Waals surface area (Å²) >= 11 is 0. The number of fused-ring (bicyclic) bond motifs is 7. The lowest BCUT2D eigenvalue weighted by Crippen LogP contribution is -1.95. The van der Waals surface area contributed by atoms with Crippen molar-refractivity contribution in [3.63, 3.8) is 0 Å². The summed E-state index contributed by atoms with van der Waals surface area (Å²) in [4.78, 5) is 4.46. The SMILES string of the molecule is c1ccc(-n2c3ccccc3c3cc4c(cc32)c2ccccc2n4-c2cccc(-c3ccccc3-c3cccc4ccncc34)c2)cc1. The number of hydrogen-bond donors (Lipinski definition) is 0. The molecule has 48 heavy (non-hydrogen) atoms. The van der Waals surface area contributed by atoms with Crippen LogP contribution in [0.2, 0.25) is 0 Å². The molecule has 10 aromatic rings. The molecule has 0 spiro atoms. The zero-order valence-corrected chi connectivity index (χ0v) is 26.1. The Kier molecular flexibility index (Phi) is 5.87. The minimum absolute atomic E-state index is 1.14. The highest BCUT2D eigenvalue weighted by Gasteiger charge is 2.19. The third-order valence-corrected chi connectivity index (χ3v) is 9.80. The number of rotatable bonds is 4. The molecule has 0 atom stereocenters. The van der Waals surface area contributed by atoms with E-state index in [-0.39, 0.29) is 0 Å². The topological polar surface area (TPSA) is 22.8 Å². The third kappa shape index (κ3) is 3.98. The molecule has 0 N–H and O–H groups in total. The zero-order chi connectivity index (χ0) is 31.6. The normalized spacial score (nSPS) is 11.8. The van der Waals surface area contributed by atoms with E-state index in [1.54, 1.807) is 0 Å². The van der Waals surface area contributed by atoms with Crippen molar-refractivity contribution < 1.29 is 0 Å². The fourth-order valence-corrected chi connectivity index (χ4v) is 7.69. The van der Waals surface area contributed by atoms with Gasteiger partial charge in [-0.1, -0.05) is 109 Å². The number of nitrogens with zero attached hydrogens (tertiary/aromatic N) is 3. The van der Waals surface area contributed by atoms with E-state index >= 15 is 0 Å². The molecule has 3 aromatic heterocycles. The Hall–Kier alpha value is -6.45. The molecule has 3 nitrogen and oxygen atoms in total. The summed E-state index contributed by atoms with van der Waals surface area (Å²) < 4.78 is 4.84.